The van der Waals surface area contributed by atoms with Crippen LogP contribution in [0.2, 0.25) is 0 Å². The molecular weight excluding hydrogens is 228 g/mol. The van der Waals surface area contributed by atoms with Crippen molar-refractivity contribution in [2.24, 2.45) is 0 Å². The lowest BCUT2D eigenvalue weighted by atomic mass is 10.0. The van der Waals surface area contributed by atoms with Crippen LogP contribution < -0.4 is 10.6 Å². The normalized spacial score (nSPS) is 12.7. The molecule has 4 nitrogen and oxygen atoms in total. The fraction of sp³-hybridized carbons (Fsp3) is 0.429. The number of nitrogens with one attached hydrogen (secondary N) is 2. The predicted molar refractivity (Wildman–Crippen MR) is 71.0 cm³/mol. The number of hydrogen-bond donors (Lipinski definition) is 2. The summed E-state index contributed by atoms with van der Waals surface area (Å²) >= 11 is 0. The van der Waals surface area contributed by atoms with Crippen LogP contribution in [0.25, 0.3) is 0 Å². The Bertz CT molecular complexity index is 418. The van der Waals surface area contributed by atoms with E-state index in [4.69, 9.17) is 0 Å². The number of aryl methyl sites for hydroxylation is 1. The molecule has 0 aliphatic carbocycles. The summed E-state index contributed by atoms with van der Waals surface area (Å²) < 4.78 is 0. The molecule has 0 saturated carbocycles. The van der Waals surface area contributed by atoms with E-state index in [2.05, 4.69) is 10.6 Å². The highest BCUT2D eigenvalue weighted by Gasteiger charge is 2.23. The first kappa shape index (κ1) is 14.2. The smallest absolute Gasteiger partial charge is 0.247 e. The maximum atomic E-state index is 12.1. The van der Waals surface area contributed by atoms with Crippen molar-refractivity contribution in [2.45, 2.75) is 39.3 Å². The molecule has 4 heteroatoms. The minimum Gasteiger partial charge on any atom is -0.349 e. The first-order valence-corrected chi connectivity index (χ1v) is 5.92. The van der Waals surface area contributed by atoms with E-state index >= 15 is 0 Å². The van der Waals surface area contributed by atoms with Crippen molar-refractivity contribution in [2.75, 3.05) is 0 Å². The Labute approximate surface area is 108 Å². The van der Waals surface area contributed by atoms with E-state index in [0.717, 1.165) is 11.1 Å². The SMILES string of the molecule is Cc1ccc([C@@H](NC=O)C(=O)NC(C)(C)C)cc1. The van der Waals surface area contributed by atoms with Gasteiger partial charge in [-0.1, -0.05) is 29.8 Å². The summed E-state index contributed by atoms with van der Waals surface area (Å²) in [4.78, 5) is 22.7. The number of benzene rings is 1. The number of hydrogen-bond acceptors (Lipinski definition) is 2. The van der Waals surface area contributed by atoms with Crippen LogP contribution in [0.15, 0.2) is 24.3 Å². The van der Waals surface area contributed by atoms with E-state index in [9.17, 15) is 9.59 Å². The minimum atomic E-state index is -0.651. The summed E-state index contributed by atoms with van der Waals surface area (Å²) in [6.07, 6.45) is 0.548. The van der Waals surface area contributed by atoms with Crippen molar-refractivity contribution in [3.8, 4) is 0 Å². The highest BCUT2D eigenvalue weighted by atomic mass is 16.2. The highest BCUT2D eigenvalue weighted by Crippen LogP contribution is 2.15. The lowest BCUT2D eigenvalue weighted by Crippen LogP contribution is -2.46. The van der Waals surface area contributed by atoms with Gasteiger partial charge in [0.25, 0.3) is 0 Å². The molecule has 0 spiro atoms. The fourth-order valence-electron chi connectivity index (χ4n) is 1.59. The van der Waals surface area contributed by atoms with E-state index in [1.54, 1.807) is 0 Å². The van der Waals surface area contributed by atoms with E-state index in [-0.39, 0.29) is 11.4 Å². The molecular formula is C14H20N2O2. The molecule has 0 fully saturated rings. The van der Waals surface area contributed by atoms with Crippen molar-refractivity contribution in [3.05, 3.63) is 35.4 Å². The monoisotopic (exact) mass is 248 g/mol. The van der Waals surface area contributed by atoms with Crippen molar-refractivity contribution in [1.82, 2.24) is 10.6 Å². The van der Waals surface area contributed by atoms with Gasteiger partial charge < -0.3 is 10.6 Å². The highest BCUT2D eigenvalue weighted by molar-refractivity contribution is 5.85. The lowest BCUT2D eigenvalue weighted by molar-refractivity contribution is -0.126. The molecule has 0 bridgehead atoms. The zero-order valence-electron chi connectivity index (χ0n) is 11.3. The fourth-order valence-corrected chi connectivity index (χ4v) is 1.59. The van der Waals surface area contributed by atoms with Crippen molar-refractivity contribution in [1.29, 1.82) is 0 Å². The van der Waals surface area contributed by atoms with Gasteiger partial charge in [-0.25, -0.2) is 0 Å². The van der Waals surface area contributed by atoms with Gasteiger partial charge in [-0.3, -0.25) is 9.59 Å². The Hall–Kier alpha value is -1.84. The predicted octanol–water partition coefficient (Wildman–Crippen LogP) is 1.70. The van der Waals surface area contributed by atoms with Gasteiger partial charge in [-0.2, -0.15) is 0 Å². The van der Waals surface area contributed by atoms with Gasteiger partial charge in [-0.15, -0.1) is 0 Å². The Morgan fingerprint density at radius 2 is 1.78 bits per heavy atom. The standard InChI is InChI=1S/C14H20N2O2/c1-10-5-7-11(8-6-10)12(15-9-17)13(18)16-14(2,3)4/h5-9,12H,1-4H3,(H,15,17)(H,16,18)/t12-/m1/s1. The molecule has 1 atom stereocenters. The van der Waals surface area contributed by atoms with E-state index in [0.29, 0.717) is 6.41 Å². The first-order valence-electron chi connectivity index (χ1n) is 5.92. The second-order valence-corrected chi connectivity index (χ2v) is 5.37. The molecule has 2 N–H and O–H groups in total. The molecule has 2 amide bonds. The zero-order chi connectivity index (χ0) is 13.8. The average Bonchev–Trinajstić information content (AvgIpc) is 2.25. The first-order chi connectivity index (χ1) is 8.33. The molecule has 18 heavy (non-hydrogen) atoms. The molecule has 1 aromatic rings. The summed E-state index contributed by atoms with van der Waals surface area (Å²) in [6.45, 7) is 7.68. The average molecular weight is 248 g/mol. The number of amides is 2. The zero-order valence-corrected chi connectivity index (χ0v) is 11.3. The Morgan fingerprint density at radius 1 is 1.22 bits per heavy atom. The summed E-state index contributed by atoms with van der Waals surface area (Å²) in [7, 11) is 0. The largest absolute Gasteiger partial charge is 0.349 e. The minimum absolute atomic E-state index is 0.210. The van der Waals surface area contributed by atoms with Crippen LogP contribution >= 0.6 is 0 Å². The third-order valence-corrected chi connectivity index (χ3v) is 2.41. The third kappa shape index (κ3) is 4.20. The van der Waals surface area contributed by atoms with Crippen molar-refractivity contribution < 1.29 is 9.59 Å². The van der Waals surface area contributed by atoms with Crippen LogP contribution in [0.3, 0.4) is 0 Å². The maximum absolute atomic E-state index is 12.1. The van der Waals surface area contributed by atoms with Gasteiger partial charge in [0.15, 0.2) is 0 Å². The summed E-state index contributed by atoms with van der Waals surface area (Å²) in [5, 5.41) is 5.40. The summed E-state index contributed by atoms with van der Waals surface area (Å²) in [5.41, 5.74) is 1.55. The van der Waals surface area contributed by atoms with Crippen LogP contribution in [0, 0.1) is 6.92 Å². The van der Waals surface area contributed by atoms with Gasteiger partial charge >= 0.3 is 0 Å². The van der Waals surface area contributed by atoms with Crippen LogP contribution in [0.4, 0.5) is 0 Å². The van der Waals surface area contributed by atoms with Gasteiger partial charge in [0.05, 0.1) is 0 Å². The molecule has 1 aromatic carbocycles. The van der Waals surface area contributed by atoms with Crippen molar-refractivity contribution >= 4 is 12.3 Å². The number of rotatable bonds is 4. The van der Waals surface area contributed by atoms with Crippen molar-refractivity contribution in [3.63, 3.8) is 0 Å². The third-order valence-electron chi connectivity index (χ3n) is 2.41. The topological polar surface area (TPSA) is 58.2 Å². The molecule has 0 aromatic heterocycles. The number of carbonyl (C=O) groups excluding carboxylic acids is 2. The molecule has 0 unspecified atom stereocenters. The van der Waals surface area contributed by atoms with E-state index < -0.39 is 6.04 Å². The molecule has 0 saturated heterocycles. The summed E-state index contributed by atoms with van der Waals surface area (Å²) in [5.74, 6) is -0.210. The van der Waals surface area contributed by atoms with E-state index in [1.807, 2.05) is 52.0 Å². The van der Waals surface area contributed by atoms with Gasteiger partial charge in [0.2, 0.25) is 12.3 Å². The van der Waals surface area contributed by atoms with Crippen LogP contribution in [-0.2, 0) is 9.59 Å². The Morgan fingerprint density at radius 3 is 2.22 bits per heavy atom. The Kier molecular flexibility index (Phi) is 4.48. The van der Waals surface area contributed by atoms with Gasteiger partial charge in [0.1, 0.15) is 6.04 Å². The molecule has 1 rings (SSSR count). The Balaban J connectivity index is 2.91. The maximum Gasteiger partial charge on any atom is 0.247 e. The van der Waals surface area contributed by atoms with Crippen LogP contribution in [0.5, 0.6) is 0 Å². The van der Waals surface area contributed by atoms with Gasteiger partial charge in [-0.05, 0) is 33.3 Å². The van der Waals surface area contributed by atoms with E-state index in [1.165, 1.54) is 0 Å². The molecule has 98 valence electrons. The number of carbonyl (C=O) groups is 2. The van der Waals surface area contributed by atoms with Crippen LogP contribution in [0.1, 0.15) is 37.9 Å². The summed E-state index contributed by atoms with van der Waals surface area (Å²) in [6, 6.07) is 6.87. The van der Waals surface area contributed by atoms with Crippen LogP contribution in [-0.4, -0.2) is 17.9 Å². The lowest BCUT2D eigenvalue weighted by Gasteiger charge is -2.24. The molecule has 0 aliphatic heterocycles. The quantitative estimate of drug-likeness (QED) is 0.797. The molecule has 0 heterocycles. The second kappa shape index (κ2) is 5.67. The molecule has 0 radical (unpaired) electrons. The van der Waals surface area contributed by atoms with Gasteiger partial charge in [0, 0.05) is 5.54 Å². The molecule has 0 aliphatic rings. The second-order valence-electron chi connectivity index (χ2n) is 5.37.